The van der Waals surface area contributed by atoms with Crippen LogP contribution in [-0.4, -0.2) is 16.2 Å². The SMILES string of the molecule is C[C@@H](CC(N)=O)C/C(S)=N/O. The van der Waals surface area contributed by atoms with E-state index < -0.39 is 0 Å². The Hall–Kier alpha value is -0.710. The minimum absolute atomic E-state index is 0.0795. The number of amides is 1. The smallest absolute Gasteiger partial charge is 0.217 e. The van der Waals surface area contributed by atoms with E-state index in [-0.39, 0.29) is 11.8 Å². The van der Waals surface area contributed by atoms with Gasteiger partial charge in [0.25, 0.3) is 0 Å². The highest BCUT2D eigenvalue weighted by molar-refractivity contribution is 7.97. The zero-order chi connectivity index (χ0) is 8.85. The molecule has 0 aromatic carbocycles. The molecular weight excluding hydrogens is 164 g/mol. The summed E-state index contributed by atoms with van der Waals surface area (Å²) in [5.41, 5.74) is 4.94. The fraction of sp³-hybridized carbons (Fsp3) is 0.667. The van der Waals surface area contributed by atoms with E-state index in [1.54, 1.807) is 0 Å². The second-order valence-corrected chi connectivity index (χ2v) is 3.01. The monoisotopic (exact) mass is 176 g/mol. The van der Waals surface area contributed by atoms with E-state index in [2.05, 4.69) is 17.8 Å². The minimum atomic E-state index is -0.350. The first-order valence-corrected chi connectivity index (χ1v) is 3.69. The van der Waals surface area contributed by atoms with E-state index in [1.165, 1.54) is 0 Å². The van der Waals surface area contributed by atoms with Crippen molar-refractivity contribution >= 4 is 23.6 Å². The van der Waals surface area contributed by atoms with Gasteiger partial charge in [-0.2, -0.15) is 0 Å². The van der Waals surface area contributed by atoms with Crippen LogP contribution in [0, 0.1) is 5.92 Å². The Morgan fingerprint density at radius 1 is 1.73 bits per heavy atom. The van der Waals surface area contributed by atoms with Gasteiger partial charge in [0.15, 0.2) is 0 Å². The highest BCUT2D eigenvalue weighted by atomic mass is 32.1. The number of hydrogen-bond donors (Lipinski definition) is 3. The molecule has 0 unspecified atom stereocenters. The lowest BCUT2D eigenvalue weighted by Gasteiger charge is -2.05. The van der Waals surface area contributed by atoms with Crippen molar-refractivity contribution in [2.45, 2.75) is 19.8 Å². The number of thiol groups is 1. The molecule has 0 heterocycles. The molecule has 0 saturated carbocycles. The lowest BCUT2D eigenvalue weighted by molar-refractivity contribution is -0.118. The van der Waals surface area contributed by atoms with E-state index in [0.717, 1.165) is 0 Å². The summed E-state index contributed by atoms with van der Waals surface area (Å²) in [6, 6.07) is 0. The fourth-order valence-corrected chi connectivity index (χ4v) is 1.08. The highest BCUT2D eigenvalue weighted by Crippen LogP contribution is 2.09. The Morgan fingerprint density at radius 3 is 2.64 bits per heavy atom. The number of nitrogens with two attached hydrogens (primary N) is 1. The van der Waals surface area contributed by atoms with Crippen molar-refractivity contribution in [2.24, 2.45) is 16.8 Å². The van der Waals surface area contributed by atoms with E-state index in [1.807, 2.05) is 6.92 Å². The van der Waals surface area contributed by atoms with Gasteiger partial charge in [0, 0.05) is 12.8 Å². The van der Waals surface area contributed by atoms with Crippen molar-refractivity contribution in [2.75, 3.05) is 0 Å². The first-order valence-electron chi connectivity index (χ1n) is 3.24. The third-order valence-corrected chi connectivity index (χ3v) is 1.47. The van der Waals surface area contributed by atoms with Gasteiger partial charge in [0.2, 0.25) is 5.91 Å². The summed E-state index contributed by atoms with van der Waals surface area (Å²) in [4.78, 5) is 10.4. The number of rotatable bonds is 4. The average molecular weight is 176 g/mol. The van der Waals surface area contributed by atoms with Crippen molar-refractivity contribution in [3.05, 3.63) is 0 Å². The van der Waals surface area contributed by atoms with Crippen LogP contribution >= 0.6 is 12.6 Å². The van der Waals surface area contributed by atoms with E-state index >= 15 is 0 Å². The average Bonchev–Trinajstić information content (AvgIpc) is 1.85. The molecule has 0 aliphatic carbocycles. The summed E-state index contributed by atoms with van der Waals surface area (Å²) in [5.74, 6) is -0.271. The molecule has 64 valence electrons. The Labute approximate surface area is 70.9 Å². The van der Waals surface area contributed by atoms with Gasteiger partial charge in [0.1, 0.15) is 5.04 Å². The van der Waals surface area contributed by atoms with Gasteiger partial charge in [-0.25, -0.2) is 0 Å². The maximum Gasteiger partial charge on any atom is 0.217 e. The number of primary amides is 1. The van der Waals surface area contributed by atoms with Crippen LogP contribution in [0.2, 0.25) is 0 Å². The van der Waals surface area contributed by atoms with Gasteiger partial charge in [-0.05, 0) is 5.92 Å². The predicted octanol–water partition coefficient (Wildman–Crippen LogP) is 0.606. The molecule has 0 bridgehead atoms. The first-order chi connectivity index (χ1) is 5.06. The second kappa shape index (κ2) is 5.01. The summed E-state index contributed by atoms with van der Waals surface area (Å²) >= 11 is 3.84. The molecule has 0 aliphatic rings. The van der Waals surface area contributed by atoms with Gasteiger partial charge in [-0.1, -0.05) is 12.1 Å². The lowest BCUT2D eigenvalue weighted by Crippen LogP contribution is -2.15. The predicted molar refractivity (Wildman–Crippen MR) is 45.8 cm³/mol. The quantitative estimate of drug-likeness (QED) is 0.193. The van der Waals surface area contributed by atoms with Gasteiger partial charge < -0.3 is 10.9 Å². The Balaban J connectivity index is 3.69. The molecular formula is C6H12N2O2S. The molecule has 0 saturated heterocycles. The topological polar surface area (TPSA) is 75.7 Å². The zero-order valence-corrected chi connectivity index (χ0v) is 7.21. The molecule has 1 amide bonds. The van der Waals surface area contributed by atoms with Gasteiger partial charge in [-0.3, -0.25) is 4.79 Å². The van der Waals surface area contributed by atoms with Crippen LogP contribution in [-0.2, 0) is 4.79 Å². The van der Waals surface area contributed by atoms with Crippen LogP contribution in [0.3, 0.4) is 0 Å². The van der Waals surface area contributed by atoms with Crippen LogP contribution in [0.25, 0.3) is 0 Å². The number of carbonyl (C=O) groups excluding carboxylic acids is 1. The second-order valence-electron chi connectivity index (χ2n) is 2.50. The minimum Gasteiger partial charge on any atom is -0.410 e. The number of hydrogen-bond acceptors (Lipinski definition) is 3. The molecule has 1 atom stereocenters. The lowest BCUT2D eigenvalue weighted by atomic mass is 10.0. The van der Waals surface area contributed by atoms with Crippen LogP contribution in [0.4, 0.5) is 0 Å². The van der Waals surface area contributed by atoms with Gasteiger partial charge >= 0.3 is 0 Å². The standard InChI is InChI=1S/C6H12N2O2S/c1-4(2-5(7)9)3-6(11)8-10/h4,10H,2-3H2,1H3,(H2,7,9)(H,8,11)/t4-/m0/s1. The van der Waals surface area contributed by atoms with Crippen molar-refractivity contribution in [3.63, 3.8) is 0 Å². The van der Waals surface area contributed by atoms with Crippen LogP contribution in [0.5, 0.6) is 0 Å². The Bertz CT molecular complexity index is 170. The molecule has 0 aromatic heterocycles. The fourth-order valence-electron chi connectivity index (χ4n) is 0.768. The Kier molecular flexibility index (Phi) is 4.69. The van der Waals surface area contributed by atoms with Crippen molar-refractivity contribution in [1.82, 2.24) is 0 Å². The third-order valence-electron chi connectivity index (χ3n) is 1.20. The van der Waals surface area contributed by atoms with Crippen molar-refractivity contribution in [1.29, 1.82) is 0 Å². The maximum absolute atomic E-state index is 10.4. The van der Waals surface area contributed by atoms with E-state index in [0.29, 0.717) is 17.9 Å². The summed E-state index contributed by atoms with van der Waals surface area (Å²) in [5, 5.41) is 11.4. The molecule has 0 aliphatic heterocycles. The van der Waals surface area contributed by atoms with Crippen molar-refractivity contribution in [3.8, 4) is 0 Å². The largest absolute Gasteiger partial charge is 0.410 e. The van der Waals surface area contributed by atoms with Crippen molar-refractivity contribution < 1.29 is 10.0 Å². The molecule has 5 heteroatoms. The zero-order valence-electron chi connectivity index (χ0n) is 6.32. The molecule has 0 fully saturated rings. The van der Waals surface area contributed by atoms with E-state index in [4.69, 9.17) is 10.9 Å². The molecule has 0 radical (unpaired) electrons. The molecule has 0 aromatic rings. The molecule has 11 heavy (non-hydrogen) atoms. The van der Waals surface area contributed by atoms with Crippen LogP contribution in [0.15, 0.2) is 5.16 Å². The van der Waals surface area contributed by atoms with Gasteiger partial charge in [0.05, 0.1) is 0 Å². The summed E-state index contributed by atoms with van der Waals surface area (Å²) < 4.78 is 0. The number of oxime groups is 1. The van der Waals surface area contributed by atoms with E-state index in [9.17, 15) is 4.79 Å². The summed E-state index contributed by atoms with van der Waals surface area (Å²) in [6.45, 7) is 1.84. The van der Waals surface area contributed by atoms with Gasteiger partial charge in [-0.15, -0.1) is 12.6 Å². The first kappa shape index (κ1) is 10.3. The Morgan fingerprint density at radius 2 is 2.27 bits per heavy atom. The van der Waals surface area contributed by atoms with Crippen LogP contribution in [0.1, 0.15) is 19.8 Å². The normalized spacial score (nSPS) is 14.5. The molecule has 3 N–H and O–H groups in total. The third kappa shape index (κ3) is 5.72. The summed E-state index contributed by atoms with van der Waals surface area (Å²) in [7, 11) is 0. The molecule has 0 rings (SSSR count). The molecule has 0 spiro atoms. The number of carbonyl (C=O) groups is 1. The highest BCUT2D eigenvalue weighted by Gasteiger charge is 2.07. The van der Waals surface area contributed by atoms with Crippen LogP contribution < -0.4 is 5.73 Å². The number of nitrogens with zero attached hydrogens (tertiary/aromatic N) is 1. The maximum atomic E-state index is 10.4. The molecule has 4 nitrogen and oxygen atoms in total. The summed E-state index contributed by atoms with van der Waals surface area (Å²) in [6.07, 6.45) is 0.766.